The molecule has 4 rings (SSSR count). The maximum absolute atomic E-state index is 12.9. The number of hydrogen-bond acceptors (Lipinski definition) is 6. The van der Waals surface area contributed by atoms with Crippen molar-refractivity contribution >= 4 is 46.3 Å². The molecule has 2 fully saturated rings. The molecule has 0 radical (unpaired) electrons. The Hall–Kier alpha value is -3.10. The van der Waals surface area contributed by atoms with E-state index < -0.39 is 17.1 Å². The number of carbonyl (C=O) groups excluding carboxylic acids is 3. The second-order valence-electron chi connectivity index (χ2n) is 8.27. The van der Waals surface area contributed by atoms with Crippen molar-refractivity contribution in [1.29, 1.82) is 0 Å². The molecule has 0 atom stereocenters. The van der Waals surface area contributed by atoms with Crippen molar-refractivity contribution in [2.45, 2.75) is 20.8 Å². The van der Waals surface area contributed by atoms with E-state index in [0.717, 1.165) is 57.7 Å². The number of rotatable bonds is 5. The number of morpholine rings is 1. The Balaban J connectivity index is 1.44. The van der Waals surface area contributed by atoms with Gasteiger partial charge in [0.2, 0.25) is 5.91 Å². The summed E-state index contributed by atoms with van der Waals surface area (Å²) in [5.74, 6) is -0.853. The molecular formula is C25H27N3O4S. The lowest BCUT2D eigenvalue weighted by molar-refractivity contribution is -0.127. The Labute approximate surface area is 197 Å². The molecule has 33 heavy (non-hydrogen) atoms. The summed E-state index contributed by atoms with van der Waals surface area (Å²) in [6.07, 6.45) is 1.73. The molecule has 2 saturated heterocycles. The maximum atomic E-state index is 12.9. The van der Waals surface area contributed by atoms with Crippen molar-refractivity contribution in [2.75, 3.05) is 43.1 Å². The number of thioether (sulfide) groups is 1. The molecule has 2 heterocycles. The van der Waals surface area contributed by atoms with E-state index in [-0.39, 0.29) is 6.54 Å². The number of anilines is 2. The number of benzene rings is 2. The van der Waals surface area contributed by atoms with Crippen LogP contribution in [0.15, 0.2) is 41.3 Å². The van der Waals surface area contributed by atoms with Crippen LogP contribution in [0.1, 0.15) is 22.3 Å². The average molecular weight is 466 g/mol. The lowest BCUT2D eigenvalue weighted by atomic mass is 10.1. The lowest BCUT2D eigenvalue weighted by Crippen LogP contribution is -2.36. The Bertz CT molecular complexity index is 1140. The Morgan fingerprint density at radius 2 is 1.82 bits per heavy atom. The maximum Gasteiger partial charge on any atom is 0.294 e. The molecule has 0 aromatic heterocycles. The number of carbonyl (C=O) groups is 3. The van der Waals surface area contributed by atoms with Crippen LogP contribution in [-0.4, -0.2) is 54.8 Å². The first-order valence-corrected chi connectivity index (χ1v) is 11.7. The summed E-state index contributed by atoms with van der Waals surface area (Å²) in [6.45, 7) is 8.67. The summed E-state index contributed by atoms with van der Waals surface area (Å²) >= 11 is 0.863. The third-order valence-electron chi connectivity index (χ3n) is 5.75. The molecule has 0 aliphatic carbocycles. The summed E-state index contributed by atoms with van der Waals surface area (Å²) in [4.78, 5) is 41.4. The molecule has 2 aliphatic rings. The van der Waals surface area contributed by atoms with Gasteiger partial charge in [-0.1, -0.05) is 23.8 Å². The zero-order chi connectivity index (χ0) is 23.5. The number of nitrogens with one attached hydrogen (secondary N) is 1. The van der Waals surface area contributed by atoms with E-state index >= 15 is 0 Å². The summed E-state index contributed by atoms with van der Waals surface area (Å²) in [6, 6.07) is 11.7. The smallest absolute Gasteiger partial charge is 0.294 e. The molecule has 0 spiro atoms. The molecular weight excluding hydrogens is 438 g/mol. The van der Waals surface area contributed by atoms with E-state index in [2.05, 4.69) is 16.3 Å². The molecule has 2 aromatic rings. The Morgan fingerprint density at radius 3 is 2.52 bits per heavy atom. The molecule has 8 heteroatoms. The highest BCUT2D eigenvalue weighted by Gasteiger charge is 2.36. The van der Waals surface area contributed by atoms with Crippen molar-refractivity contribution in [3.63, 3.8) is 0 Å². The minimum Gasteiger partial charge on any atom is -0.378 e. The average Bonchev–Trinajstić information content (AvgIpc) is 3.05. The zero-order valence-electron chi connectivity index (χ0n) is 19.0. The van der Waals surface area contributed by atoms with Gasteiger partial charge in [-0.3, -0.25) is 19.3 Å². The van der Waals surface area contributed by atoms with Gasteiger partial charge in [0.25, 0.3) is 11.1 Å². The number of imide groups is 1. The van der Waals surface area contributed by atoms with Crippen LogP contribution >= 0.6 is 11.8 Å². The third-order valence-corrected chi connectivity index (χ3v) is 6.65. The molecule has 172 valence electrons. The standard InChI is InChI=1S/C25H27N3O4S/c1-16-4-7-21(18(3)12-16)26-23(29)15-28-24(30)22(33-25(28)31)14-19-5-6-20(13-17(19)2)27-8-10-32-11-9-27/h4-7,12-14H,8-11,15H2,1-3H3,(H,26,29)/b22-14-. The predicted molar refractivity (Wildman–Crippen MR) is 131 cm³/mol. The van der Waals surface area contributed by atoms with Crippen LogP contribution in [0, 0.1) is 20.8 Å². The normalized spacial score (nSPS) is 17.7. The highest BCUT2D eigenvalue weighted by atomic mass is 32.2. The molecule has 2 aliphatic heterocycles. The van der Waals surface area contributed by atoms with Gasteiger partial charge in [-0.05, 0) is 73.5 Å². The second-order valence-corrected chi connectivity index (χ2v) is 9.27. The third kappa shape index (κ3) is 5.29. The zero-order valence-corrected chi connectivity index (χ0v) is 19.8. The first kappa shape index (κ1) is 23.1. The van der Waals surface area contributed by atoms with Gasteiger partial charge in [-0.2, -0.15) is 0 Å². The summed E-state index contributed by atoms with van der Waals surface area (Å²) in [5, 5.41) is 2.35. The van der Waals surface area contributed by atoms with Gasteiger partial charge < -0.3 is 15.0 Å². The van der Waals surface area contributed by atoms with Gasteiger partial charge in [-0.25, -0.2) is 0 Å². The predicted octanol–water partition coefficient (Wildman–Crippen LogP) is 4.12. The largest absolute Gasteiger partial charge is 0.378 e. The van der Waals surface area contributed by atoms with Crippen LogP contribution in [0.2, 0.25) is 0 Å². The van der Waals surface area contributed by atoms with Gasteiger partial charge in [0.15, 0.2) is 0 Å². The van der Waals surface area contributed by atoms with Gasteiger partial charge in [0.05, 0.1) is 18.1 Å². The molecule has 0 saturated carbocycles. The fraction of sp³-hybridized carbons (Fsp3) is 0.320. The van der Waals surface area contributed by atoms with Gasteiger partial charge >= 0.3 is 0 Å². The molecule has 7 nitrogen and oxygen atoms in total. The van der Waals surface area contributed by atoms with E-state index in [1.54, 1.807) is 6.08 Å². The number of aryl methyl sites for hydroxylation is 3. The van der Waals surface area contributed by atoms with Crippen molar-refractivity contribution in [2.24, 2.45) is 0 Å². The van der Waals surface area contributed by atoms with Crippen LogP contribution in [0.5, 0.6) is 0 Å². The van der Waals surface area contributed by atoms with E-state index in [0.29, 0.717) is 23.8 Å². The number of nitrogens with zero attached hydrogens (tertiary/aromatic N) is 2. The highest BCUT2D eigenvalue weighted by Crippen LogP contribution is 2.33. The van der Waals surface area contributed by atoms with Crippen LogP contribution in [0.25, 0.3) is 6.08 Å². The van der Waals surface area contributed by atoms with Crippen molar-refractivity contribution in [3.8, 4) is 0 Å². The van der Waals surface area contributed by atoms with Crippen LogP contribution in [0.3, 0.4) is 0 Å². The second kappa shape index (κ2) is 9.80. The summed E-state index contributed by atoms with van der Waals surface area (Å²) < 4.78 is 5.41. The lowest BCUT2D eigenvalue weighted by Gasteiger charge is -2.29. The first-order valence-electron chi connectivity index (χ1n) is 10.9. The van der Waals surface area contributed by atoms with E-state index in [1.807, 2.05) is 51.1 Å². The van der Waals surface area contributed by atoms with E-state index in [4.69, 9.17) is 4.74 Å². The van der Waals surface area contributed by atoms with Crippen molar-refractivity contribution < 1.29 is 19.1 Å². The van der Waals surface area contributed by atoms with Crippen molar-refractivity contribution in [1.82, 2.24) is 4.90 Å². The first-order chi connectivity index (χ1) is 15.8. The quantitative estimate of drug-likeness (QED) is 0.669. The van der Waals surface area contributed by atoms with Gasteiger partial charge in [0.1, 0.15) is 6.54 Å². The summed E-state index contributed by atoms with van der Waals surface area (Å²) in [7, 11) is 0. The van der Waals surface area contributed by atoms with Crippen LogP contribution < -0.4 is 10.2 Å². The summed E-state index contributed by atoms with van der Waals surface area (Å²) in [5.41, 5.74) is 5.69. The van der Waals surface area contributed by atoms with Gasteiger partial charge in [-0.15, -0.1) is 0 Å². The SMILES string of the molecule is Cc1ccc(NC(=O)CN2C(=O)S/C(=C\c3ccc(N4CCOCC4)cc3C)C2=O)c(C)c1. The van der Waals surface area contributed by atoms with Gasteiger partial charge in [0, 0.05) is 24.5 Å². The Morgan fingerprint density at radius 1 is 1.06 bits per heavy atom. The van der Waals surface area contributed by atoms with Crippen molar-refractivity contribution in [3.05, 3.63) is 63.6 Å². The molecule has 1 N–H and O–H groups in total. The van der Waals surface area contributed by atoms with Crippen LogP contribution in [0.4, 0.5) is 16.2 Å². The molecule has 3 amide bonds. The fourth-order valence-electron chi connectivity index (χ4n) is 3.90. The number of ether oxygens (including phenoxy) is 1. The number of hydrogen-bond donors (Lipinski definition) is 1. The molecule has 0 bridgehead atoms. The fourth-order valence-corrected chi connectivity index (χ4v) is 4.73. The number of amides is 3. The minimum atomic E-state index is -0.447. The van der Waals surface area contributed by atoms with E-state index in [1.165, 1.54) is 0 Å². The molecule has 2 aromatic carbocycles. The monoisotopic (exact) mass is 465 g/mol. The van der Waals surface area contributed by atoms with Crippen LogP contribution in [-0.2, 0) is 14.3 Å². The molecule has 0 unspecified atom stereocenters. The van der Waals surface area contributed by atoms with E-state index in [9.17, 15) is 14.4 Å². The Kier molecular flexibility index (Phi) is 6.85. The topological polar surface area (TPSA) is 79.0 Å². The highest BCUT2D eigenvalue weighted by molar-refractivity contribution is 8.18. The minimum absolute atomic E-state index is 0.315.